The lowest BCUT2D eigenvalue weighted by atomic mass is 9.95. The molecule has 172 valence electrons. The summed E-state index contributed by atoms with van der Waals surface area (Å²) in [4.78, 5) is 27.3. The molecule has 0 aromatic heterocycles. The van der Waals surface area contributed by atoms with E-state index >= 15 is 0 Å². The van der Waals surface area contributed by atoms with Crippen molar-refractivity contribution in [3.63, 3.8) is 0 Å². The molecule has 6 heteroatoms. The van der Waals surface area contributed by atoms with Crippen LogP contribution in [0.15, 0.2) is 55.1 Å². The van der Waals surface area contributed by atoms with Gasteiger partial charge in [-0.1, -0.05) is 36.4 Å². The van der Waals surface area contributed by atoms with Crippen molar-refractivity contribution in [3.8, 4) is 5.75 Å². The van der Waals surface area contributed by atoms with Crippen LogP contribution in [-0.4, -0.2) is 47.0 Å². The Kier molecular flexibility index (Phi) is 9.47. The van der Waals surface area contributed by atoms with Gasteiger partial charge in [0, 0.05) is 13.1 Å². The second kappa shape index (κ2) is 12.1. The Balaban J connectivity index is 1.96. The molecule has 0 spiro atoms. The van der Waals surface area contributed by atoms with Gasteiger partial charge in [-0.05, 0) is 74.4 Å². The molecule has 2 aromatic rings. The van der Waals surface area contributed by atoms with Gasteiger partial charge in [-0.15, -0.1) is 6.58 Å². The van der Waals surface area contributed by atoms with Crippen molar-refractivity contribution < 1.29 is 14.7 Å². The van der Waals surface area contributed by atoms with Gasteiger partial charge < -0.3 is 21.1 Å². The van der Waals surface area contributed by atoms with Crippen molar-refractivity contribution in [1.82, 2.24) is 10.2 Å². The van der Waals surface area contributed by atoms with E-state index < -0.39 is 12.1 Å². The molecule has 0 aliphatic carbocycles. The first kappa shape index (κ1) is 25.1. The van der Waals surface area contributed by atoms with E-state index in [1.165, 1.54) is 10.5 Å². The maximum Gasteiger partial charge on any atom is 0.242 e. The van der Waals surface area contributed by atoms with Crippen LogP contribution in [0.4, 0.5) is 0 Å². The minimum atomic E-state index is -0.801. The van der Waals surface area contributed by atoms with Gasteiger partial charge in [-0.25, -0.2) is 0 Å². The molecule has 2 aromatic carbocycles. The normalized spacial score (nSPS) is 12.6. The number of aryl methyl sites for hydroxylation is 3. The molecular formula is C26H35N3O3. The highest BCUT2D eigenvalue weighted by molar-refractivity contribution is 5.89. The summed E-state index contributed by atoms with van der Waals surface area (Å²) in [6.45, 7) is 9.96. The molecule has 6 nitrogen and oxygen atoms in total. The van der Waals surface area contributed by atoms with Crippen LogP contribution < -0.4 is 11.1 Å². The number of nitrogens with two attached hydrogens (primary N) is 1. The fourth-order valence-corrected chi connectivity index (χ4v) is 3.83. The minimum absolute atomic E-state index is 0.189. The molecule has 0 saturated heterocycles. The molecule has 2 atom stereocenters. The quantitative estimate of drug-likeness (QED) is 0.372. The predicted molar refractivity (Wildman–Crippen MR) is 128 cm³/mol. The first-order chi connectivity index (χ1) is 15.2. The maximum atomic E-state index is 13.1. The van der Waals surface area contributed by atoms with Gasteiger partial charge in [-0.2, -0.15) is 0 Å². The lowest BCUT2D eigenvalue weighted by Crippen LogP contribution is -2.53. The van der Waals surface area contributed by atoms with Crippen LogP contribution in [0.25, 0.3) is 0 Å². The topological polar surface area (TPSA) is 95.7 Å². The first-order valence-electron chi connectivity index (χ1n) is 11.0. The highest BCUT2D eigenvalue weighted by atomic mass is 16.3. The largest absolute Gasteiger partial charge is 0.508 e. The second-order valence-electron chi connectivity index (χ2n) is 8.20. The van der Waals surface area contributed by atoms with E-state index in [0.29, 0.717) is 13.0 Å². The number of rotatable bonds is 11. The smallest absolute Gasteiger partial charge is 0.242 e. The highest BCUT2D eigenvalue weighted by Gasteiger charge is 2.29. The molecule has 0 radical (unpaired) electrons. The van der Waals surface area contributed by atoms with E-state index in [4.69, 9.17) is 5.73 Å². The van der Waals surface area contributed by atoms with Crippen LogP contribution in [-0.2, 0) is 22.4 Å². The number of nitrogens with zero attached hydrogens (tertiary/aromatic N) is 1. The fraction of sp³-hybridized carbons (Fsp3) is 0.385. The van der Waals surface area contributed by atoms with Crippen molar-refractivity contribution >= 4 is 11.8 Å². The number of nitrogens with one attached hydrogen (secondary N) is 1. The summed E-state index contributed by atoms with van der Waals surface area (Å²) in [5.74, 6) is -0.323. The van der Waals surface area contributed by atoms with E-state index in [1.807, 2.05) is 32.0 Å². The summed E-state index contributed by atoms with van der Waals surface area (Å²) in [5.41, 5.74) is 10.2. The Morgan fingerprint density at radius 2 is 1.81 bits per heavy atom. The molecule has 2 amide bonds. The number of phenolic OH excluding ortho intramolecular Hbond substituents is 1. The third-order valence-electron chi connectivity index (χ3n) is 5.66. The number of carbonyl (C=O) groups is 2. The number of hydrogen-bond donors (Lipinski definition) is 3. The second-order valence-corrected chi connectivity index (χ2v) is 8.20. The van der Waals surface area contributed by atoms with Crippen molar-refractivity contribution in [3.05, 3.63) is 77.4 Å². The highest BCUT2D eigenvalue weighted by Crippen LogP contribution is 2.22. The number of hydrogen-bond acceptors (Lipinski definition) is 4. The maximum absolute atomic E-state index is 13.1. The predicted octanol–water partition coefficient (Wildman–Crippen LogP) is 3.03. The van der Waals surface area contributed by atoms with Gasteiger partial charge in [0.15, 0.2) is 0 Å². The molecule has 4 N–H and O–H groups in total. The van der Waals surface area contributed by atoms with Crippen molar-refractivity contribution in [2.24, 2.45) is 5.73 Å². The van der Waals surface area contributed by atoms with Crippen LogP contribution in [0.5, 0.6) is 5.75 Å². The lowest BCUT2D eigenvalue weighted by molar-refractivity contribution is -0.140. The van der Waals surface area contributed by atoms with Gasteiger partial charge in [-0.3, -0.25) is 9.59 Å². The Morgan fingerprint density at radius 3 is 2.41 bits per heavy atom. The van der Waals surface area contributed by atoms with Gasteiger partial charge in [0.05, 0.1) is 6.04 Å². The van der Waals surface area contributed by atoms with Crippen LogP contribution in [0, 0.1) is 13.8 Å². The molecule has 0 saturated carbocycles. The van der Waals surface area contributed by atoms with E-state index in [1.54, 1.807) is 25.1 Å². The third kappa shape index (κ3) is 6.95. The molecule has 32 heavy (non-hydrogen) atoms. The third-order valence-corrected chi connectivity index (χ3v) is 5.66. The SMILES string of the molecule is C=CCN(C(=O)C(N)Cc1c(C)cc(O)cc1C)[C@H](C)C(=O)NCCCc1ccccc1. The number of aromatic hydroxyl groups is 1. The van der Waals surface area contributed by atoms with Gasteiger partial charge in [0.2, 0.25) is 11.8 Å². The van der Waals surface area contributed by atoms with Crippen molar-refractivity contribution in [2.45, 2.75) is 52.1 Å². The van der Waals surface area contributed by atoms with Crippen molar-refractivity contribution in [1.29, 1.82) is 0 Å². The fourth-order valence-electron chi connectivity index (χ4n) is 3.83. The van der Waals surface area contributed by atoms with Gasteiger partial charge >= 0.3 is 0 Å². The van der Waals surface area contributed by atoms with Crippen LogP contribution in [0.1, 0.15) is 35.6 Å². The molecule has 0 aliphatic heterocycles. The summed E-state index contributed by atoms with van der Waals surface area (Å²) in [5, 5.41) is 12.7. The first-order valence-corrected chi connectivity index (χ1v) is 11.0. The van der Waals surface area contributed by atoms with E-state index in [9.17, 15) is 14.7 Å². The molecule has 0 aliphatic rings. The van der Waals surface area contributed by atoms with Crippen molar-refractivity contribution in [2.75, 3.05) is 13.1 Å². The molecule has 0 bridgehead atoms. The van der Waals surface area contributed by atoms with Gasteiger partial charge in [0.1, 0.15) is 11.8 Å². The summed E-state index contributed by atoms with van der Waals surface area (Å²) in [6.07, 6.45) is 3.62. The Labute approximate surface area is 191 Å². The van der Waals surface area contributed by atoms with E-state index in [2.05, 4.69) is 24.0 Å². The Bertz CT molecular complexity index is 904. The number of amides is 2. The molecule has 0 heterocycles. The number of benzene rings is 2. The molecule has 1 unspecified atom stereocenters. The van der Waals surface area contributed by atoms with E-state index in [-0.39, 0.29) is 24.1 Å². The Morgan fingerprint density at radius 1 is 1.19 bits per heavy atom. The van der Waals surface area contributed by atoms with Crippen LogP contribution in [0.3, 0.4) is 0 Å². The standard InChI is InChI=1S/C26H35N3O3/c1-5-14-29(20(4)25(31)28-13-9-12-21-10-7-6-8-11-21)26(32)24(27)17-23-18(2)15-22(30)16-19(23)3/h5-8,10-11,15-16,20,24,30H,1,9,12-14,17,27H2,2-4H3,(H,28,31)/t20-,24?/m1/s1. The lowest BCUT2D eigenvalue weighted by Gasteiger charge is -2.30. The zero-order valence-corrected chi connectivity index (χ0v) is 19.3. The summed E-state index contributed by atoms with van der Waals surface area (Å²) in [6, 6.07) is 12.0. The van der Waals surface area contributed by atoms with Gasteiger partial charge in [0.25, 0.3) is 0 Å². The molecule has 2 rings (SSSR count). The molecular weight excluding hydrogens is 402 g/mol. The average Bonchev–Trinajstić information content (AvgIpc) is 2.77. The zero-order valence-electron chi connectivity index (χ0n) is 19.3. The van der Waals surface area contributed by atoms with Crippen LogP contribution >= 0.6 is 0 Å². The zero-order chi connectivity index (χ0) is 23.7. The summed E-state index contributed by atoms with van der Waals surface area (Å²) >= 11 is 0. The van der Waals surface area contributed by atoms with Crippen LogP contribution in [0.2, 0.25) is 0 Å². The Hall–Kier alpha value is -3.12. The van der Waals surface area contributed by atoms with E-state index in [0.717, 1.165) is 29.5 Å². The minimum Gasteiger partial charge on any atom is -0.508 e. The number of carbonyl (C=O) groups excluding carboxylic acids is 2. The monoisotopic (exact) mass is 437 g/mol. The summed E-state index contributed by atoms with van der Waals surface area (Å²) in [7, 11) is 0. The average molecular weight is 438 g/mol. The molecule has 0 fully saturated rings. The number of phenols is 1. The summed E-state index contributed by atoms with van der Waals surface area (Å²) < 4.78 is 0.